The minimum absolute atomic E-state index is 0.339. The van der Waals surface area contributed by atoms with Gasteiger partial charge >= 0.3 is 0 Å². The van der Waals surface area contributed by atoms with Crippen LogP contribution in [0.2, 0.25) is 0 Å². The van der Waals surface area contributed by atoms with Gasteiger partial charge in [-0.05, 0) is 30.9 Å². The first-order chi connectivity index (χ1) is 8.83. The number of nitrogens with two attached hydrogens (primary N) is 1. The third-order valence-corrected chi connectivity index (χ3v) is 3.71. The third kappa shape index (κ3) is 2.29. The molecule has 4 nitrogen and oxygen atoms in total. The van der Waals surface area contributed by atoms with E-state index in [9.17, 15) is 0 Å². The Bertz CT molecular complexity index is 540. The number of nitrogens with zero attached hydrogens (tertiary/aromatic N) is 2. The van der Waals surface area contributed by atoms with Gasteiger partial charge in [0, 0.05) is 12.6 Å². The predicted molar refractivity (Wildman–Crippen MR) is 73.3 cm³/mol. The fourth-order valence-corrected chi connectivity index (χ4v) is 2.60. The average Bonchev–Trinajstić information content (AvgIpc) is 2.82. The summed E-state index contributed by atoms with van der Waals surface area (Å²) >= 11 is 0. The molecule has 2 unspecified atom stereocenters. The van der Waals surface area contributed by atoms with Crippen molar-refractivity contribution in [3.63, 3.8) is 0 Å². The molecule has 94 valence electrons. The first-order valence-electron chi connectivity index (χ1n) is 6.54. The lowest BCUT2D eigenvalue weighted by Crippen LogP contribution is -2.29. The van der Waals surface area contributed by atoms with E-state index >= 15 is 0 Å². The maximum atomic E-state index is 6.06. The van der Waals surface area contributed by atoms with Crippen LogP contribution in [0.5, 0.6) is 0 Å². The SMILES string of the molecule is NC1CCCC1CNc1cnc2ccccc2n1. The highest BCUT2D eigenvalue weighted by Gasteiger charge is 2.23. The first kappa shape index (κ1) is 11.4. The van der Waals surface area contributed by atoms with Crippen LogP contribution in [-0.2, 0) is 0 Å². The average molecular weight is 242 g/mol. The van der Waals surface area contributed by atoms with Gasteiger partial charge in [-0.1, -0.05) is 18.6 Å². The zero-order chi connectivity index (χ0) is 12.4. The van der Waals surface area contributed by atoms with Crippen LogP contribution in [0.3, 0.4) is 0 Å². The van der Waals surface area contributed by atoms with E-state index in [4.69, 9.17) is 5.73 Å². The second kappa shape index (κ2) is 4.90. The molecule has 4 heteroatoms. The van der Waals surface area contributed by atoms with Crippen molar-refractivity contribution in [1.29, 1.82) is 0 Å². The molecule has 3 rings (SSSR count). The summed E-state index contributed by atoms with van der Waals surface area (Å²) in [5.41, 5.74) is 7.92. The minimum Gasteiger partial charge on any atom is -0.368 e. The molecular weight excluding hydrogens is 224 g/mol. The summed E-state index contributed by atoms with van der Waals surface area (Å²) < 4.78 is 0. The molecule has 0 saturated heterocycles. The Morgan fingerprint density at radius 3 is 2.83 bits per heavy atom. The van der Waals surface area contributed by atoms with Crippen molar-refractivity contribution in [1.82, 2.24) is 9.97 Å². The molecule has 2 atom stereocenters. The molecular formula is C14H18N4. The van der Waals surface area contributed by atoms with E-state index in [0.717, 1.165) is 29.8 Å². The number of rotatable bonds is 3. The number of hydrogen-bond donors (Lipinski definition) is 2. The normalized spacial score (nSPS) is 23.4. The Hall–Kier alpha value is -1.68. The van der Waals surface area contributed by atoms with Gasteiger partial charge in [0.15, 0.2) is 0 Å². The predicted octanol–water partition coefficient (Wildman–Crippen LogP) is 2.17. The van der Waals surface area contributed by atoms with Crippen LogP contribution < -0.4 is 11.1 Å². The van der Waals surface area contributed by atoms with E-state index in [1.54, 1.807) is 6.20 Å². The molecule has 1 heterocycles. The van der Waals surface area contributed by atoms with E-state index in [0.29, 0.717) is 12.0 Å². The highest BCUT2D eigenvalue weighted by atomic mass is 15.0. The van der Waals surface area contributed by atoms with Gasteiger partial charge in [-0.15, -0.1) is 0 Å². The summed E-state index contributed by atoms with van der Waals surface area (Å²) in [6.45, 7) is 0.897. The van der Waals surface area contributed by atoms with Crippen molar-refractivity contribution in [2.45, 2.75) is 25.3 Å². The van der Waals surface area contributed by atoms with E-state index < -0.39 is 0 Å². The molecule has 1 aliphatic carbocycles. The fraction of sp³-hybridized carbons (Fsp3) is 0.429. The molecule has 0 radical (unpaired) electrons. The van der Waals surface area contributed by atoms with Crippen molar-refractivity contribution >= 4 is 16.9 Å². The van der Waals surface area contributed by atoms with Gasteiger partial charge in [0.05, 0.1) is 17.2 Å². The molecule has 1 fully saturated rings. The highest BCUT2D eigenvalue weighted by molar-refractivity contribution is 5.75. The van der Waals surface area contributed by atoms with Gasteiger partial charge in [0.25, 0.3) is 0 Å². The van der Waals surface area contributed by atoms with Crippen molar-refractivity contribution in [3.05, 3.63) is 30.5 Å². The van der Waals surface area contributed by atoms with Crippen molar-refractivity contribution in [2.75, 3.05) is 11.9 Å². The van der Waals surface area contributed by atoms with Crippen LogP contribution in [0.4, 0.5) is 5.82 Å². The summed E-state index contributed by atoms with van der Waals surface area (Å²) in [7, 11) is 0. The summed E-state index contributed by atoms with van der Waals surface area (Å²) in [6, 6.07) is 8.24. The molecule has 1 aliphatic rings. The number of fused-ring (bicyclic) bond motifs is 1. The van der Waals surface area contributed by atoms with E-state index in [-0.39, 0.29) is 0 Å². The van der Waals surface area contributed by atoms with Gasteiger partial charge < -0.3 is 11.1 Å². The Kier molecular flexibility index (Phi) is 3.11. The first-order valence-corrected chi connectivity index (χ1v) is 6.54. The molecule has 18 heavy (non-hydrogen) atoms. The number of nitrogens with one attached hydrogen (secondary N) is 1. The lowest BCUT2D eigenvalue weighted by molar-refractivity contribution is 0.504. The molecule has 1 aromatic heterocycles. The van der Waals surface area contributed by atoms with Gasteiger partial charge in [0.2, 0.25) is 0 Å². The summed E-state index contributed by atoms with van der Waals surface area (Å²) in [5.74, 6) is 1.41. The number of benzene rings is 1. The lowest BCUT2D eigenvalue weighted by Gasteiger charge is -2.16. The Balaban J connectivity index is 1.71. The standard InChI is InChI=1S/C14H18N4/c15-11-5-3-4-10(11)8-17-14-9-16-12-6-1-2-7-13(12)18-14/h1-2,6-7,9-11H,3-5,8,15H2,(H,17,18). The van der Waals surface area contributed by atoms with Crippen LogP contribution in [0, 0.1) is 5.92 Å². The van der Waals surface area contributed by atoms with Crippen molar-refractivity contribution in [3.8, 4) is 0 Å². The van der Waals surface area contributed by atoms with Crippen LogP contribution in [-0.4, -0.2) is 22.6 Å². The zero-order valence-electron chi connectivity index (χ0n) is 10.3. The number of anilines is 1. The number of para-hydroxylation sites is 2. The maximum Gasteiger partial charge on any atom is 0.145 e. The highest BCUT2D eigenvalue weighted by Crippen LogP contribution is 2.24. The van der Waals surface area contributed by atoms with Crippen molar-refractivity contribution < 1.29 is 0 Å². The molecule has 0 bridgehead atoms. The van der Waals surface area contributed by atoms with E-state index in [2.05, 4.69) is 15.3 Å². The van der Waals surface area contributed by atoms with E-state index in [1.165, 1.54) is 12.8 Å². The molecule has 2 aromatic rings. The molecule has 0 aliphatic heterocycles. The summed E-state index contributed by atoms with van der Waals surface area (Å²) in [6.07, 6.45) is 5.41. The van der Waals surface area contributed by atoms with Crippen LogP contribution in [0.15, 0.2) is 30.5 Å². The Morgan fingerprint density at radius 2 is 2.06 bits per heavy atom. The van der Waals surface area contributed by atoms with E-state index in [1.807, 2.05) is 24.3 Å². The monoisotopic (exact) mass is 242 g/mol. The molecule has 1 aromatic carbocycles. The fourth-order valence-electron chi connectivity index (χ4n) is 2.60. The summed E-state index contributed by atoms with van der Waals surface area (Å²) in [5, 5.41) is 3.36. The molecule has 0 amide bonds. The molecule has 3 N–H and O–H groups in total. The van der Waals surface area contributed by atoms with Crippen molar-refractivity contribution in [2.24, 2.45) is 11.7 Å². The second-order valence-corrected chi connectivity index (χ2v) is 4.98. The number of hydrogen-bond acceptors (Lipinski definition) is 4. The maximum absolute atomic E-state index is 6.06. The minimum atomic E-state index is 0.339. The van der Waals surface area contributed by atoms with Crippen LogP contribution >= 0.6 is 0 Å². The third-order valence-electron chi connectivity index (χ3n) is 3.71. The largest absolute Gasteiger partial charge is 0.368 e. The second-order valence-electron chi connectivity index (χ2n) is 4.98. The molecule has 0 spiro atoms. The van der Waals surface area contributed by atoms with Crippen LogP contribution in [0.25, 0.3) is 11.0 Å². The van der Waals surface area contributed by atoms with Gasteiger partial charge in [0.1, 0.15) is 5.82 Å². The van der Waals surface area contributed by atoms with Gasteiger partial charge in [-0.3, -0.25) is 4.98 Å². The summed E-state index contributed by atoms with van der Waals surface area (Å²) in [4.78, 5) is 8.94. The van der Waals surface area contributed by atoms with Gasteiger partial charge in [-0.2, -0.15) is 0 Å². The quantitative estimate of drug-likeness (QED) is 0.865. The smallest absolute Gasteiger partial charge is 0.145 e. The van der Waals surface area contributed by atoms with Gasteiger partial charge in [-0.25, -0.2) is 4.98 Å². The van der Waals surface area contributed by atoms with Crippen LogP contribution in [0.1, 0.15) is 19.3 Å². The topological polar surface area (TPSA) is 63.8 Å². The Morgan fingerprint density at radius 1 is 1.22 bits per heavy atom. The lowest BCUT2D eigenvalue weighted by atomic mass is 10.1. The zero-order valence-corrected chi connectivity index (χ0v) is 10.3. The Labute approximate surface area is 107 Å². The molecule has 1 saturated carbocycles. The number of aromatic nitrogens is 2.